The number of carbonyl (C=O) groups is 1. The molecule has 0 saturated carbocycles. The summed E-state index contributed by atoms with van der Waals surface area (Å²) in [6.45, 7) is 0.670. The maximum Gasteiger partial charge on any atom is 0.310 e. The second kappa shape index (κ2) is 3.70. The number of para-hydroxylation sites is 1. The number of carbonyl (C=O) groups excluding carboxylic acids is 1. The first kappa shape index (κ1) is 9.06. The van der Waals surface area contributed by atoms with E-state index in [-0.39, 0.29) is 11.9 Å². The van der Waals surface area contributed by atoms with Gasteiger partial charge in [0.15, 0.2) is 0 Å². The van der Waals surface area contributed by atoms with E-state index in [1.54, 1.807) is 0 Å². The zero-order chi connectivity index (χ0) is 9.97. The van der Waals surface area contributed by atoms with Gasteiger partial charge in [0.05, 0.1) is 13.0 Å². The second-order valence-corrected chi connectivity index (χ2v) is 3.46. The molecular weight excluding hydrogens is 178 g/mol. The predicted octanol–water partition coefficient (Wildman–Crippen LogP) is 1.44. The molecule has 74 valence electrons. The maximum absolute atomic E-state index is 11.3. The van der Waals surface area contributed by atoms with E-state index in [1.165, 1.54) is 12.7 Å². The number of hydrogen-bond donors (Lipinski definition) is 1. The third kappa shape index (κ3) is 1.58. The van der Waals surface area contributed by atoms with Gasteiger partial charge >= 0.3 is 5.97 Å². The molecule has 1 aliphatic rings. The molecule has 1 heterocycles. The molecular formula is C11H13NO2. The molecule has 0 aliphatic carbocycles. The van der Waals surface area contributed by atoms with Gasteiger partial charge in [-0.3, -0.25) is 4.79 Å². The third-order valence-corrected chi connectivity index (χ3v) is 2.56. The number of esters is 1. The number of methoxy groups -OCH3 is 1. The van der Waals surface area contributed by atoms with Gasteiger partial charge in [0.2, 0.25) is 0 Å². The Balaban J connectivity index is 2.17. The topological polar surface area (TPSA) is 38.3 Å². The highest BCUT2D eigenvalue weighted by atomic mass is 16.5. The lowest BCUT2D eigenvalue weighted by molar-refractivity contribution is -0.145. The number of rotatable bonds is 1. The van der Waals surface area contributed by atoms with Crippen LogP contribution in [-0.2, 0) is 16.0 Å². The Kier molecular flexibility index (Phi) is 2.39. The first-order chi connectivity index (χ1) is 6.81. The first-order valence-corrected chi connectivity index (χ1v) is 4.71. The van der Waals surface area contributed by atoms with Crippen LogP contribution in [0.5, 0.6) is 0 Å². The highest BCUT2D eigenvalue weighted by Crippen LogP contribution is 2.24. The smallest absolute Gasteiger partial charge is 0.310 e. The highest BCUT2D eigenvalue weighted by molar-refractivity contribution is 5.75. The molecule has 1 aromatic carbocycles. The van der Waals surface area contributed by atoms with E-state index >= 15 is 0 Å². The van der Waals surface area contributed by atoms with Crippen LogP contribution in [0.4, 0.5) is 5.69 Å². The van der Waals surface area contributed by atoms with Crippen molar-refractivity contribution in [3.05, 3.63) is 29.8 Å². The lowest BCUT2D eigenvalue weighted by atomic mass is 9.94. The van der Waals surface area contributed by atoms with Crippen molar-refractivity contribution in [1.29, 1.82) is 0 Å². The Hall–Kier alpha value is -1.51. The van der Waals surface area contributed by atoms with Crippen molar-refractivity contribution in [3.8, 4) is 0 Å². The lowest BCUT2D eigenvalue weighted by Crippen LogP contribution is -2.30. The average molecular weight is 191 g/mol. The van der Waals surface area contributed by atoms with Gasteiger partial charge in [0, 0.05) is 12.2 Å². The van der Waals surface area contributed by atoms with Gasteiger partial charge in [-0.05, 0) is 18.1 Å². The normalized spacial score (nSPS) is 19.4. The monoisotopic (exact) mass is 191 g/mol. The van der Waals surface area contributed by atoms with Crippen LogP contribution in [0.1, 0.15) is 5.56 Å². The number of ether oxygens (including phenoxy) is 1. The van der Waals surface area contributed by atoms with Crippen LogP contribution in [0.3, 0.4) is 0 Å². The molecule has 0 aromatic heterocycles. The van der Waals surface area contributed by atoms with E-state index in [0.29, 0.717) is 6.54 Å². The molecule has 0 radical (unpaired) electrons. The molecule has 0 bridgehead atoms. The van der Waals surface area contributed by atoms with Gasteiger partial charge < -0.3 is 10.1 Å². The summed E-state index contributed by atoms with van der Waals surface area (Å²) >= 11 is 0. The van der Waals surface area contributed by atoms with Crippen molar-refractivity contribution >= 4 is 11.7 Å². The van der Waals surface area contributed by atoms with Gasteiger partial charge in [-0.2, -0.15) is 0 Å². The molecule has 0 spiro atoms. The summed E-state index contributed by atoms with van der Waals surface area (Å²) in [6.07, 6.45) is 0.774. The minimum atomic E-state index is -0.132. The van der Waals surface area contributed by atoms with E-state index in [1.807, 2.05) is 24.3 Å². The molecule has 3 nitrogen and oxygen atoms in total. The quantitative estimate of drug-likeness (QED) is 0.683. The average Bonchev–Trinajstić information content (AvgIpc) is 2.27. The van der Waals surface area contributed by atoms with Crippen molar-refractivity contribution in [2.45, 2.75) is 6.42 Å². The maximum atomic E-state index is 11.3. The Morgan fingerprint density at radius 2 is 2.29 bits per heavy atom. The summed E-state index contributed by atoms with van der Waals surface area (Å²) in [5.74, 6) is -0.179. The first-order valence-electron chi connectivity index (χ1n) is 4.71. The molecule has 1 N–H and O–H groups in total. The van der Waals surface area contributed by atoms with Crippen molar-refractivity contribution in [1.82, 2.24) is 0 Å². The van der Waals surface area contributed by atoms with E-state index in [4.69, 9.17) is 4.74 Å². The molecule has 1 aromatic rings. The van der Waals surface area contributed by atoms with Crippen LogP contribution in [-0.4, -0.2) is 19.6 Å². The summed E-state index contributed by atoms with van der Waals surface area (Å²) in [4.78, 5) is 11.3. The van der Waals surface area contributed by atoms with E-state index in [2.05, 4.69) is 5.32 Å². The molecule has 1 unspecified atom stereocenters. The Morgan fingerprint density at radius 3 is 3.07 bits per heavy atom. The number of hydrogen-bond acceptors (Lipinski definition) is 3. The third-order valence-electron chi connectivity index (χ3n) is 2.56. The summed E-state index contributed by atoms with van der Waals surface area (Å²) in [7, 11) is 1.43. The Labute approximate surface area is 83.1 Å². The van der Waals surface area contributed by atoms with Crippen LogP contribution in [0.2, 0.25) is 0 Å². The standard InChI is InChI=1S/C11H13NO2/c1-14-11(13)9-6-8-4-2-3-5-10(8)12-7-9/h2-5,9,12H,6-7H2,1H3. The van der Waals surface area contributed by atoms with Crippen LogP contribution in [0, 0.1) is 5.92 Å². The highest BCUT2D eigenvalue weighted by Gasteiger charge is 2.24. The van der Waals surface area contributed by atoms with Crippen LogP contribution < -0.4 is 5.32 Å². The molecule has 1 aliphatic heterocycles. The van der Waals surface area contributed by atoms with Gasteiger partial charge in [-0.1, -0.05) is 18.2 Å². The van der Waals surface area contributed by atoms with E-state index in [9.17, 15) is 4.79 Å². The Morgan fingerprint density at radius 1 is 1.50 bits per heavy atom. The summed E-state index contributed by atoms with van der Waals surface area (Å²) in [5.41, 5.74) is 2.32. The second-order valence-electron chi connectivity index (χ2n) is 3.46. The predicted molar refractivity (Wildman–Crippen MR) is 54.1 cm³/mol. The molecule has 14 heavy (non-hydrogen) atoms. The van der Waals surface area contributed by atoms with Crippen molar-refractivity contribution in [2.24, 2.45) is 5.92 Å². The Bertz CT molecular complexity index is 349. The van der Waals surface area contributed by atoms with Crippen LogP contribution >= 0.6 is 0 Å². The SMILES string of the molecule is COC(=O)C1CNc2ccccc2C1. The minimum absolute atomic E-state index is 0.0464. The fourth-order valence-electron chi connectivity index (χ4n) is 1.77. The zero-order valence-corrected chi connectivity index (χ0v) is 8.12. The van der Waals surface area contributed by atoms with Gasteiger partial charge in [-0.25, -0.2) is 0 Å². The van der Waals surface area contributed by atoms with Crippen LogP contribution in [0.15, 0.2) is 24.3 Å². The number of fused-ring (bicyclic) bond motifs is 1. The van der Waals surface area contributed by atoms with Crippen LogP contribution in [0.25, 0.3) is 0 Å². The van der Waals surface area contributed by atoms with Crippen molar-refractivity contribution in [3.63, 3.8) is 0 Å². The van der Waals surface area contributed by atoms with Gasteiger partial charge in [0.25, 0.3) is 0 Å². The molecule has 0 fully saturated rings. The van der Waals surface area contributed by atoms with Crippen molar-refractivity contribution < 1.29 is 9.53 Å². The largest absolute Gasteiger partial charge is 0.469 e. The summed E-state index contributed by atoms with van der Waals surface area (Å²) in [5, 5.41) is 3.23. The zero-order valence-electron chi connectivity index (χ0n) is 8.12. The summed E-state index contributed by atoms with van der Waals surface area (Å²) < 4.78 is 4.73. The van der Waals surface area contributed by atoms with E-state index in [0.717, 1.165) is 12.1 Å². The number of benzene rings is 1. The molecule has 1 atom stereocenters. The molecule has 2 rings (SSSR count). The fourth-order valence-corrected chi connectivity index (χ4v) is 1.77. The number of nitrogens with one attached hydrogen (secondary N) is 1. The van der Waals surface area contributed by atoms with Crippen molar-refractivity contribution in [2.75, 3.05) is 19.0 Å². The summed E-state index contributed by atoms with van der Waals surface area (Å²) in [6, 6.07) is 8.05. The molecule has 3 heteroatoms. The minimum Gasteiger partial charge on any atom is -0.469 e. The number of anilines is 1. The van der Waals surface area contributed by atoms with Gasteiger partial charge in [-0.15, -0.1) is 0 Å². The molecule has 0 saturated heterocycles. The fraction of sp³-hybridized carbons (Fsp3) is 0.364. The van der Waals surface area contributed by atoms with E-state index < -0.39 is 0 Å². The lowest BCUT2D eigenvalue weighted by Gasteiger charge is -2.24. The molecule has 0 amide bonds. The van der Waals surface area contributed by atoms with Gasteiger partial charge in [0.1, 0.15) is 0 Å².